The van der Waals surface area contributed by atoms with Crippen molar-refractivity contribution < 1.29 is 9.53 Å². The first-order valence-corrected chi connectivity index (χ1v) is 9.95. The van der Waals surface area contributed by atoms with Gasteiger partial charge in [0.2, 0.25) is 0 Å². The van der Waals surface area contributed by atoms with Gasteiger partial charge < -0.3 is 15.0 Å². The molecule has 1 unspecified atom stereocenters. The fourth-order valence-corrected chi connectivity index (χ4v) is 4.32. The maximum absolute atomic E-state index is 12.7. The number of hydrogen-bond acceptors (Lipinski definition) is 4. The number of nitrogens with zero attached hydrogens (tertiary/aromatic N) is 3. The molecule has 3 aliphatic rings. The first-order valence-electron chi connectivity index (χ1n) is 9.95. The Hall–Kier alpha value is -1.89. The normalized spacial score (nSPS) is 23.7. The van der Waals surface area contributed by atoms with Crippen LogP contribution in [0.25, 0.3) is 0 Å². The van der Waals surface area contributed by atoms with E-state index >= 15 is 0 Å². The van der Waals surface area contributed by atoms with Gasteiger partial charge in [0.1, 0.15) is 0 Å². The van der Waals surface area contributed by atoms with Gasteiger partial charge in [-0.2, -0.15) is 5.10 Å². The van der Waals surface area contributed by atoms with Crippen LogP contribution in [0, 0.1) is 0 Å². The van der Waals surface area contributed by atoms with Gasteiger partial charge in [-0.1, -0.05) is 0 Å². The lowest BCUT2D eigenvalue weighted by atomic mass is 9.97. The monoisotopic (exact) mass is 360 g/mol. The van der Waals surface area contributed by atoms with Crippen molar-refractivity contribution >= 4 is 6.03 Å². The van der Waals surface area contributed by atoms with Crippen LogP contribution in [0.15, 0.2) is 10.9 Å². The number of ether oxygens (including phenoxy) is 1. The highest BCUT2D eigenvalue weighted by molar-refractivity contribution is 5.75. The zero-order chi connectivity index (χ0) is 17.9. The van der Waals surface area contributed by atoms with Crippen LogP contribution in [0.4, 0.5) is 4.79 Å². The number of amides is 2. The third kappa shape index (κ3) is 3.77. The van der Waals surface area contributed by atoms with Crippen LogP contribution in [0.3, 0.4) is 0 Å². The largest absolute Gasteiger partial charge is 0.381 e. The van der Waals surface area contributed by atoms with Gasteiger partial charge in [-0.15, -0.1) is 0 Å². The molecule has 26 heavy (non-hydrogen) atoms. The van der Waals surface area contributed by atoms with Gasteiger partial charge in [-0.05, 0) is 56.9 Å². The predicted molar refractivity (Wildman–Crippen MR) is 97.2 cm³/mol. The van der Waals surface area contributed by atoms with Crippen molar-refractivity contribution in [3.8, 4) is 0 Å². The maximum atomic E-state index is 12.7. The Morgan fingerprint density at radius 1 is 1.19 bits per heavy atom. The molecule has 1 aromatic rings. The summed E-state index contributed by atoms with van der Waals surface area (Å²) in [4.78, 5) is 27.0. The number of fused-ring (bicyclic) bond motifs is 1. The molecule has 2 fully saturated rings. The van der Waals surface area contributed by atoms with Gasteiger partial charge in [-0.25, -0.2) is 9.48 Å². The topological polar surface area (TPSA) is 76.5 Å². The molecule has 4 rings (SSSR count). The Labute approximate surface area is 153 Å². The average Bonchev–Trinajstić information content (AvgIpc) is 3.11. The minimum atomic E-state index is -0.0395. The molecule has 142 valence electrons. The van der Waals surface area contributed by atoms with Crippen LogP contribution >= 0.6 is 0 Å². The lowest BCUT2D eigenvalue weighted by molar-refractivity contribution is 0.0776. The van der Waals surface area contributed by atoms with Gasteiger partial charge in [0.05, 0.1) is 18.3 Å². The average molecular weight is 360 g/mol. The molecule has 0 radical (unpaired) electrons. The van der Waals surface area contributed by atoms with Crippen molar-refractivity contribution in [1.29, 1.82) is 0 Å². The van der Waals surface area contributed by atoms with E-state index in [2.05, 4.69) is 10.4 Å². The Kier molecular flexibility index (Phi) is 5.24. The molecule has 2 saturated heterocycles. The van der Waals surface area contributed by atoms with Crippen molar-refractivity contribution in [1.82, 2.24) is 20.0 Å². The summed E-state index contributed by atoms with van der Waals surface area (Å²) in [5.74, 6) is 0. The van der Waals surface area contributed by atoms with Crippen molar-refractivity contribution in [2.75, 3.05) is 19.8 Å². The van der Waals surface area contributed by atoms with Crippen LogP contribution in [-0.2, 0) is 24.1 Å². The highest BCUT2D eigenvalue weighted by Gasteiger charge is 2.31. The predicted octanol–water partition coefficient (Wildman–Crippen LogP) is 1.48. The lowest BCUT2D eigenvalue weighted by Gasteiger charge is -2.29. The summed E-state index contributed by atoms with van der Waals surface area (Å²) in [6.45, 7) is 2.67. The lowest BCUT2D eigenvalue weighted by Crippen LogP contribution is -2.49. The smallest absolute Gasteiger partial charge is 0.317 e. The van der Waals surface area contributed by atoms with Crippen molar-refractivity contribution in [3.05, 3.63) is 27.7 Å². The molecule has 2 amide bonds. The number of likely N-dealkylation sites (tertiary alicyclic amines) is 1. The zero-order valence-electron chi connectivity index (χ0n) is 15.3. The second-order valence-electron chi connectivity index (χ2n) is 7.67. The number of urea groups is 1. The van der Waals surface area contributed by atoms with Gasteiger partial charge >= 0.3 is 6.03 Å². The van der Waals surface area contributed by atoms with Gasteiger partial charge in [0.25, 0.3) is 5.56 Å². The van der Waals surface area contributed by atoms with Gasteiger partial charge in [-0.3, -0.25) is 4.79 Å². The quantitative estimate of drug-likeness (QED) is 0.886. The summed E-state index contributed by atoms with van der Waals surface area (Å²) in [5.41, 5.74) is 2.13. The van der Waals surface area contributed by atoms with E-state index in [0.29, 0.717) is 19.8 Å². The minimum Gasteiger partial charge on any atom is -0.381 e. The van der Waals surface area contributed by atoms with E-state index < -0.39 is 0 Å². The summed E-state index contributed by atoms with van der Waals surface area (Å²) in [6, 6.07) is 1.98. The molecule has 0 saturated carbocycles. The summed E-state index contributed by atoms with van der Waals surface area (Å²) in [6.07, 6.45) is 7.84. The van der Waals surface area contributed by atoms with E-state index in [-0.39, 0.29) is 23.7 Å². The van der Waals surface area contributed by atoms with Crippen LogP contribution in [0.2, 0.25) is 0 Å². The van der Waals surface area contributed by atoms with E-state index in [1.54, 1.807) is 10.7 Å². The van der Waals surface area contributed by atoms with E-state index in [1.165, 1.54) is 0 Å². The zero-order valence-corrected chi connectivity index (χ0v) is 15.3. The molecular weight excluding hydrogens is 332 g/mol. The van der Waals surface area contributed by atoms with Crippen molar-refractivity contribution in [2.45, 2.75) is 70.0 Å². The molecular formula is C19H28N4O3. The molecule has 7 nitrogen and oxygen atoms in total. The number of aromatic nitrogens is 2. The Morgan fingerprint density at radius 2 is 2.00 bits per heavy atom. The summed E-state index contributed by atoms with van der Waals surface area (Å²) < 4.78 is 6.93. The fourth-order valence-electron chi connectivity index (χ4n) is 4.32. The second-order valence-corrected chi connectivity index (χ2v) is 7.67. The van der Waals surface area contributed by atoms with Crippen LogP contribution in [0.5, 0.6) is 0 Å². The van der Waals surface area contributed by atoms with Crippen LogP contribution < -0.4 is 10.9 Å². The van der Waals surface area contributed by atoms with Crippen molar-refractivity contribution in [2.24, 2.45) is 0 Å². The molecule has 7 heteroatoms. The van der Waals surface area contributed by atoms with Gasteiger partial charge in [0.15, 0.2) is 0 Å². The molecule has 3 heterocycles. The second kappa shape index (κ2) is 7.78. The number of nitrogens with one attached hydrogen (secondary N) is 1. The molecule has 2 aliphatic heterocycles. The summed E-state index contributed by atoms with van der Waals surface area (Å²) in [7, 11) is 0. The number of rotatable bonds is 3. The SMILES string of the molecule is O=C(NC1CCOCC1)N1CCCC1Cn1nc2c(cc1=O)CCCC2. The molecule has 0 aromatic carbocycles. The number of carbonyl (C=O) groups excluding carboxylic acids is 1. The highest BCUT2D eigenvalue weighted by atomic mass is 16.5. The molecule has 1 N–H and O–H groups in total. The van der Waals surface area contributed by atoms with E-state index in [0.717, 1.165) is 69.2 Å². The number of carbonyl (C=O) groups is 1. The van der Waals surface area contributed by atoms with E-state index in [1.807, 2.05) is 4.90 Å². The molecule has 1 aliphatic carbocycles. The number of aryl methyl sites for hydroxylation is 2. The first-order chi connectivity index (χ1) is 12.7. The maximum Gasteiger partial charge on any atom is 0.317 e. The van der Waals surface area contributed by atoms with Crippen LogP contribution in [0.1, 0.15) is 49.8 Å². The minimum absolute atomic E-state index is 0.00888. The summed E-state index contributed by atoms with van der Waals surface area (Å²) >= 11 is 0. The van der Waals surface area contributed by atoms with Crippen molar-refractivity contribution in [3.63, 3.8) is 0 Å². The fraction of sp³-hybridized carbons (Fsp3) is 0.737. The summed E-state index contributed by atoms with van der Waals surface area (Å²) in [5, 5.41) is 7.76. The van der Waals surface area contributed by atoms with E-state index in [4.69, 9.17) is 4.74 Å². The highest BCUT2D eigenvalue weighted by Crippen LogP contribution is 2.21. The molecule has 1 aromatic heterocycles. The van der Waals surface area contributed by atoms with E-state index in [9.17, 15) is 9.59 Å². The third-order valence-corrected chi connectivity index (χ3v) is 5.84. The third-order valence-electron chi connectivity index (χ3n) is 5.84. The Bertz CT molecular complexity index is 711. The molecule has 0 bridgehead atoms. The molecule has 0 spiro atoms. The molecule has 1 atom stereocenters. The van der Waals surface area contributed by atoms with Gasteiger partial charge in [0, 0.05) is 31.9 Å². The standard InChI is InChI=1S/C19H28N4O3/c24-18-12-14-4-1-2-6-17(14)21-23(18)13-16-5-3-9-22(16)19(25)20-15-7-10-26-11-8-15/h12,15-16H,1-11,13H2,(H,20,25). The Balaban J connectivity index is 1.43. The number of hydrogen-bond donors (Lipinski definition) is 1. The first kappa shape index (κ1) is 17.5. The van der Waals surface area contributed by atoms with Crippen LogP contribution in [-0.4, -0.2) is 52.6 Å². The Morgan fingerprint density at radius 3 is 2.85 bits per heavy atom.